The Bertz CT molecular complexity index is 670. The molecular formula is C35H63NO4. The van der Waals surface area contributed by atoms with E-state index in [9.17, 15) is 20.1 Å². The lowest BCUT2D eigenvalue weighted by Crippen LogP contribution is -2.48. The third-order valence-electron chi connectivity index (χ3n) is 7.13. The van der Waals surface area contributed by atoms with Crippen molar-refractivity contribution in [3.05, 3.63) is 48.6 Å². The van der Waals surface area contributed by atoms with Crippen molar-refractivity contribution in [1.29, 1.82) is 0 Å². The van der Waals surface area contributed by atoms with E-state index in [-0.39, 0.29) is 6.61 Å². The van der Waals surface area contributed by atoms with Crippen LogP contribution in [0.2, 0.25) is 0 Å². The number of aliphatic hydroxyl groups is 3. The Labute approximate surface area is 246 Å². The Morgan fingerprint density at radius 3 is 1.65 bits per heavy atom. The summed E-state index contributed by atoms with van der Waals surface area (Å²) in [6, 6.07) is -0.820. The molecule has 232 valence electrons. The largest absolute Gasteiger partial charge is 0.394 e. The maximum absolute atomic E-state index is 12.3. The molecule has 0 spiro atoms. The van der Waals surface area contributed by atoms with E-state index < -0.39 is 24.2 Å². The molecule has 0 heterocycles. The van der Waals surface area contributed by atoms with Crippen LogP contribution in [-0.4, -0.2) is 46.1 Å². The highest BCUT2D eigenvalue weighted by Crippen LogP contribution is 2.12. The maximum atomic E-state index is 12.3. The van der Waals surface area contributed by atoms with E-state index in [2.05, 4.69) is 55.6 Å². The van der Waals surface area contributed by atoms with Crippen molar-refractivity contribution in [2.75, 3.05) is 6.61 Å². The van der Waals surface area contributed by atoms with Gasteiger partial charge >= 0.3 is 0 Å². The van der Waals surface area contributed by atoms with Crippen molar-refractivity contribution < 1.29 is 20.1 Å². The highest BCUT2D eigenvalue weighted by molar-refractivity contribution is 5.80. The molecule has 5 heteroatoms. The lowest BCUT2D eigenvalue weighted by atomic mass is 10.0. The Balaban J connectivity index is 3.84. The SMILES string of the molecule is CC/C=C/CC/C=C/CC/C=C/C(O)C(CO)NC(=O)C(O)CCCCCCCC/C=C\CCCCCCCC. The van der Waals surface area contributed by atoms with E-state index in [1.807, 2.05) is 6.08 Å². The molecule has 0 bridgehead atoms. The molecule has 40 heavy (non-hydrogen) atoms. The summed E-state index contributed by atoms with van der Waals surface area (Å²) >= 11 is 0. The fourth-order valence-corrected chi connectivity index (χ4v) is 4.51. The lowest BCUT2D eigenvalue weighted by Gasteiger charge is -2.21. The van der Waals surface area contributed by atoms with Crippen molar-refractivity contribution >= 4 is 5.91 Å². The smallest absolute Gasteiger partial charge is 0.249 e. The molecule has 3 atom stereocenters. The summed E-state index contributed by atoms with van der Waals surface area (Å²) in [6.07, 6.45) is 37.0. The van der Waals surface area contributed by atoms with Crippen LogP contribution < -0.4 is 5.32 Å². The number of hydrogen-bond donors (Lipinski definition) is 4. The third kappa shape index (κ3) is 25.3. The van der Waals surface area contributed by atoms with E-state index in [1.54, 1.807) is 6.08 Å². The van der Waals surface area contributed by atoms with Crippen LogP contribution in [0, 0.1) is 0 Å². The van der Waals surface area contributed by atoms with Crippen molar-refractivity contribution in [3.8, 4) is 0 Å². The number of unbranched alkanes of at least 4 members (excludes halogenated alkanes) is 14. The van der Waals surface area contributed by atoms with Gasteiger partial charge < -0.3 is 20.6 Å². The van der Waals surface area contributed by atoms with Gasteiger partial charge in [-0.3, -0.25) is 4.79 Å². The van der Waals surface area contributed by atoms with Crippen LogP contribution in [-0.2, 0) is 4.79 Å². The van der Waals surface area contributed by atoms with Crippen LogP contribution in [0.1, 0.15) is 142 Å². The number of allylic oxidation sites excluding steroid dienone is 7. The zero-order valence-electron chi connectivity index (χ0n) is 25.9. The highest BCUT2D eigenvalue weighted by atomic mass is 16.3. The van der Waals surface area contributed by atoms with E-state index in [4.69, 9.17) is 0 Å². The minimum absolute atomic E-state index is 0.386. The van der Waals surface area contributed by atoms with Gasteiger partial charge in [-0.25, -0.2) is 0 Å². The Hall–Kier alpha value is -1.69. The van der Waals surface area contributed by atoms with Crippen LogP contribution in [0.3, 0.4) is 0 Å². The quantitative estimate of drug-likeness (QED) is 0.0572. The van der Waals surface area contributed by atoms with Gasteiger partial charge in [0, 0.05) is 0 Å². The van der Waals surface area contributed by atoms with Crippen molar-refractivity contribution in [2.45, 2.75) is 161 Å². The molecule has 0 saturated heterocycles. The zero-order chi connectivity index (χ0) is 29.5. The molecule has 4 N–H and O–H groups in total. The van der Waals surface area contributed by atoms with Crippen LogP contribution in [0.15, 0.2) is 48.6 Å². The molecule has 0 aliphatic carbocycles. The molecule has 0 rings (SSSR count). The predicted molar refractivity (Wildman–Crippen MR) is 171 cm³/mol. The minimum atomic E-state index is -1.11. The van der Waals surface area contributed by atoms with Gasteiger partial charge in [0.2, 0.25) is 5.91 Å². The second kappa shape index (κ2) is 30.3. The first-order valence-electron chi connectivity index (χ1n) is 16.5. The van der Waals surface area contributed by atoms with Gasteiger partial charge in [-0.1, -0.05) is 127 Å². The molecule has 3 unspecified atom stereocenters. The summed E-state index contributed by atoms with van der Waals surface area (Å²) in [7, 11) is 0. The third-order valence-corrected chi connectivity index (χ3v) is 7.13. The zero-order valence-corrected chi connectivity index (χ0v) is 25.9. The molecule has 0 aromatic rings. The van der Waals surface area contributed by atoms with Gasteiger partial charge in [0.25, 0.3) is 0 Å². The van der Waals surface area contributed by atoms with Crippen LogP contribution in [0.25, 0.3) is 0 Å². The van der Waals surface area contributed by atoms with E-state index >= 15 is 0 Å². The summed E-state index contributed by atoms with van der Waals surface area (Å²) < 4.78 is 0. The summed E-state index contributed by atoms with van der Waals surface area (Å²) in [5.41, 5.74) is 0. The first-order chi connectivity index (χ1) is 19.6. The van der Waals surface area contributed by atoms with Crippen LogP contribution in [0.5, 0.6) is 0 Å². The van der Waals surface area contributed by atoms with E-state index in [1.165, 1.54) is 64.2 Å². The second-order valence-corrected chi connectivity index (χ2v) is 11.0. The second-order valence-electron chi connectivity index (χ2n) is 11.0. The Kier molecular flexibility index (Phi) is 29.0. The molecule has 5 nitrogen and oxygen atoms in total. The van der Waals surface area contributed by atoms with Crippen molar-refractivity contribution in [1.82, 2.24) is 5.32 Å². The minimum Gasteiger partial charge on any atom is -0.394 e. The number of carbonyl (C=O) groups is 1. The number of rotatable bonds is 28. The van der Waals surface area contributed by atoms with Crippen LogP contribution >= 0.6 is 0 Å². The molecule has 0 radical (unpaired) electrons. The Morgan fingerprint density at radius 2 is 1.10 bits per heavy atom. The summed E-state index contributed by atoms with van der Waals surface area (Å²) in [4.78, 5) is 12.3. The van der Waals surface area contributed by atoms with Gasteiger partial charge in [-0.2, -0.15) is 0 Å². The summed E-state index contributed by atoms with van der Waals surface area (Å²) in [5, 5.41) is 32.7. The molecule has 0 aromatic heterocycles. The summed E-state index contributed by atoms with van der Waals surface area (Å²) in [6.45, 7) is 4.00. The lowest BCUT2D eigenvalue weighted by molar-refractivity contribution is -0.131. The topological polar surface area (TPSA) is 89.8 Å². The molecule has 1 amide bonds. The average molecular weight is 562 g/mol. The fraction of sp³-hybridized carbons (Fsp3) is 0.743. The van der Waals surface area contributed by atoms with Gasteiger partial charge in [-0.15, -0.1) is 0 Å². The molecular weight excluding hydrogens is 498 g/mol. The van der Waals surface area contributed by atoms with Crippen LogP contribution in [0.4, 0.5) is 0 Å². The number of nitrogens with one attached hydrogen (secondary N) is 1. The Morgan fingerprint density at radius 1 is 0.625 bits per heavy atom. The first-order valence-corrected chi connectivity index (χ1v) is 16.5. The number of aliphatic hydroxyl groups excluding tert-OH is 3. The number of carbonyl (C=O) groups excluding carboxylic acids is 1. The van der Waals surface area contributed by atoms with Gasteiger partial charge in [0.1, 0.15) is 6.10 Å². The fourth-order valence-electron chi connectivity index (χ4n) is 4.51. The van der Waals surface area contributed by atoms with E-state index in [0.29, 0.717) is 6.42 Å². The molecule has 0 saturated carbocycles. The number of amides is 1. The highest BCUT2D eigenvalue weighted by Gasteiger charge is 2.22. The number of hydrogen-bond acceptors (Lipinski definition) is 4. The normalized spacial score (nSPS) is 14.6. The summed E-state index contributed by atoms with van der Waals surface area (Å²) in [5.74, 6) is -0.528. The van der Waals surface area contributed by atoms with E-state index in [0.717, 1.165) is 57.8 Å². The monoisotopic (exact) mass is 561 g/mol. The molecule has 0 fully saturated rings. The van der Waals surface area contributed by atoms with Crippen molar-refractivity contribution in [2.24, 2.45) is 0 Å². The predicted octanol–water partition coefficient (Wildman–Crippen LogP) is 8.25. The maximum Gasteiger partial charge on any atom is 0.249 e. The van der Waals surface area contributed by atoms with Crippen molar-refractivity contribution in [3.63, 3.8) is 0 Å². The molecule has 0 aromatic carbocycles. The standard InChI is InChI=1S/C35H63NO4/c1-3-5-7-9-11-13-15-16-17-18-19-20-22-24-26-28-30-34(39)35(40)36-32(31-37)33(38)29-27-25-23-21-14-12-10-8-6-4-2/h6,8,14,16-17,21,27,29,32-34,37-39H,3-5,7,9-13,15,18-20,22-26,28,30-31H2,1-2H3,(H,36,40)/b8-6+,17-16-,21-14+,29-27+. The van der Waals surface area contributed by atoms with Gasteiger partial charge in [0.05, 0.1) is 18.8 Å². The molecule has 0 aliphatic rings. The molecule has 0 aliphatic heterocycles. The van der Waals surface area contributed by atoms with Gasteiger partial charge in [0.15, 0.2) is 0 Å². The first kappa shape index (κ1) is 38.3. The average Bonchev–Trinajstić information content (AvgIpc) is 2.96. The van der Waals surface area contributed by atoms with Gasteiger partial charge in [-0.05, 0) is 64.2 Å².